The van der Waals surface area contributed by atoms with Gasteiger partial charge in [0.25, 0.3) is 0 Å². The fraction of sp³-hybridized carbons (Fsp3) is 1.00. The first-order valence-corrected chi connectivity index (χ1v) is 9.04. The average Bonchev–Trinajstić information content (AvgIpc) is 2.43. The molecule has 2 nitrogen and oxygen atoms in total. The van der Waals surface area contributed by atoms with Crippen molar-refractivity contribution in [3.8, 4) is 0 Å². The summed E-state index contributed by atoms with van der Waals surface area (Å²) in [5.74, 6) is 1.11. The van der Waals surface area contributed by atoms with E-state index in [-0.39, 0.29) is 0 Å². The Morgan fingerprint density at radius 3 is 1.76 bits per heavy atom. The van der Waals surface area contributed by atoms with Crippen LogP contribution in [-0.2, 0) is 9.47 Å². The number of ether oxygens (including phenoxy) is 2. The zero-order valence-electron chi connectivity index (χ0n) is 15.7. The Hall–Kier alpha value is -0.0800. The van der Waals surface area contributed by atoms with E-state index in [9.17, 15) is 0 Å². The maximum Gasteiger partial charge on any atom is 0.172 e. The summed E-state index contributed by atoms with van der Waals surface area (Å²) in [5, 5.41) is 0. The molecule has 0 aliphatic heterocycles. The molecule has 21 heavy (non-hydrogen) atoms. The van der Waals surface area contributed by atoms with Crippen molar-refractivity contribution in [3.05, 3.63) is 0 Å². The summed E-state index contributed by atoms with van der Waals surface area (Å²) in [5.41, 5.74) is 0. The first kappa shape index (κ1) is 20.9. The lowest BCUT2D eigenvalue weighted by molar-refractivity contribution is -0.269. The average molecular weight is 301 g/mol. The van der Waals surface area contributed by atoms with Crippen LogP contribution in [0.5, 0.6) is 0 Å². The van der Waals surface area contributed by atoms with E-state index in [0.29, 0.717) is 17.8 Å². The van der Waals surface area contributed by atoms with Crippen LogP contribution in [-0.4, -0.2) is 20.0 Å². The highest BCUT2D eigenvalue weighted by molar-refractivity contribution is 4.83. The maximum atomic E-state index is 5.88. The third-order valence-electron chi connectivity index (χ3n) is 4.67. The van der Waals surface area contributed by atoms with Crippen molar-refractivity contribution in [1.29, 1.82) is 0 Å². The van der Waals surface area contributed by atoms with Gasteiger partial charge in [-0.15, -0.1) is 0 Å². The lowest BCUT2D eigenvalue weighted by atomic mass is 9.80. The number of methoxy groups -OCH3 is 2. The molecule has 0 amide bonds. The van der Waals surface area contributed by atoms with E-state index in [4.69, 9.17) is 9.47 Å². The maximum absolute atomic E-state index is 5.88. The third kappa shape index (κ3) is 7.15. The Morgan fingerprint density at radius 2 is 1.33 bits per heavy atom. The fourth-order valence-electron chi connectivity index (χ4n) is 3.58. The summed E-state index contributed by atoms with van der Waals surface area (Å²) in [6, 6.07) is 0. The highest BCUT2D eigenvalue weighted by atomic mass is 16.7. The first-order chi connectivity index (χ1) is 9.94. The van der Waals surface area contributed by atoms with Crippen LogP contribution in [0.4, 0.5) is 0 Å². The van der Waals surface area contributed by atoms with Gasteiger partial charge < -0.3 is 9.47 Å². The van der Waals surface area contributed by atoms with Gasteiger partial charge in [-0.25, -0.2) is 0 Å². The van der Waals surface area contributed by atoms with Gasteiger partial charge in [-0.3, -0.25) is 0 Å². The predicted octanol–water partition coefficient (Wildman–Crippen LogP) is 6.04. The summed E-state index contributed by atoms with van der Waals surface area (Å²) in [7, 11) is 3.61. The topological polar surface area (TPSA) is 18.5 Å². The molecular weight excluding hydrogens is 260 g/mol. The van der Waals surface area contributed by atoms with Crippen LogP contribution in [0.2, 0.25) is 0 Å². The van der Waals surface area contributed by atoms with E-state index >= 15 is 0 Å². The normalized spacial score (nSPS) is 14.1. The van der Waals surface area contributed by atoms with Crippen molar-refractivity contribution >= 4 is 0 Å². The Morgan fingerprint density at radius 1 is 0.810 bits per heavy atom. The molecule has 0 radical (unpaired) electrons. The van der Waals surface area contributed by atoms with Crippen molar-refractivity contribution in [2.24, 2.45) is 17.8 Å². The molecule has 128 valence electrons. The molecule has 0 aliphatic carbocycles. The second kappa shape index (κ2) is 11.5. The molecular formula is C19H40O2. The van der Waals surface area contributed by atoms with Gasteiger partial charge in [-0.05, 0) is 18.8 Å². The minimum absolute atomic E-state index is 0.372. The minimum atomic E-state index is -0.423. The Bertz CT molecular complexity index is 232. The van der Waals surface area contributed by atoms with Crippen LogP contribution >= 0.6 is 0 Å². The van der Waals surface area contributed by atoms with Crippen LogP contribution in [0.15, 0.2) is 0 Å². The van der Waals surface area contributed by atoms with Gasteiger partial charge in [0.05, 0.1) is 0 Å². The number of unbranched alkanes of at least 4 members (excludes halogenated alkanes) is 5. The molecule has 0 aromatic carbocycles. The molecule has 2 heteroatoms. The zero-order valence-corrected chi connectivity index (χ0v) is 15.7. The van der Waals surface area contributed by atoms with E-state index in [0.717, 1.165) is 0 Å². The third-order valence-corrected chi connectivity index (χ3v) is 4.67. The van der Waals surface area contributed by atoms with Crippen molar-refractivity contribution in [3.63, 3.8) is 0 Å². The summed E-state index contributed by atoms with van der Waals surface area (Å²) in [6.45, 7) is 11.3. The SMILES string of the molecule is CCCCCCCCC(CC(C)C)C(OC)(OC)C(C)C. The van der Waals surface area contributed by atoms with E-state index in [2.05, 4.69) is 34.6 Å². The molecule has 0 fully saturated rings. The Labute approximate surface area is 134 Å². The number of hydrogen-bond donors (Lipinski definition) is 0. The van der Waals surface area contributed by atoms with Crippen LogP contribution in [0.25, 0.3) is 0 Å². The predicted molar refractivity (Wildman–Crippen MR) is 92.5 cm³/mol. The van der Waals surface area contributed by atoms with Gasteiger partial charge >= 0.3 is 0 Å². The molecule has 0 aromatic rings. The van der Waals surface area contributed by atoms with Crippen LogP contribution in [0.1, 0.15) is 86.0 Å². The van der Waals surface area contributed by atoms with E-state index in [1.165, 1.54) is 51.4 Å². The zero-order chi connectivity index (χ0) is 16.3. The lowest BCUT2D eigenvalue weighted by Gasteiger charge is -2.42. The van der Waals surface area contributed by atoms with Gasteiger partial charge in [-0.2, -0.15) is 0 Å². The second-order valence-electron chi connectivity index (χ2n) is 7.17. The highest BCUT2D eigenvalue weighted by Crippen LogP contribution is 2.38. The minimum Gasteiger partial charge on any atom is -0.353 e. The molecule has 0 saturated carbocycles. The van der Waals surface area contributed by atoms with Gasteiger partial charge in [0, 0.05) is 26.1 Å². The summed E-state index contributed by atoms with van der Waals surface area (Å²) in [4.78, 5) is 0. The molecule has 1 unspecified atom stereocenters. The van der Waals surface area contributed by atoms with Gasteiger partial charge in [0.1, 0.15) is 0 Å². The Balaban J connectivity index is 4.55. The number of hydrogen-bond acceptors (Lipinski definition) is 2. The smallest absolute Gasteiger partial charge is 0.172 e. The summed E-state index contributed by atoms with van der Waals surface area (Å²) in [6.07, 6.45) is 10.5. The van der Waals surface area contributed by atoms with Crippen molar-refractivity contribution in [2.75, 3.05) is 14.2 Å². The molecule has 0 rings (SSSR count). The fourth-order valence-corrected chi connectivity index (χ4v) is 3.58. The summed E-state index contributed by atoms with van der Waals surface area (Å²) >= 11 is 0. The van der Waals surface area contributed by atoms with E-state index < -0.39 is 5.79 Å². The Kier molecular flexibility index (Phi) is 11.4. The van der Waals surface area contributed by atoms with Gasteiger partial charge in [0.2, 0.25) is 0 Å². The lowest BCUT2D eigenvalue weighted by Crippen LogP contribution is -2.47. The van der Waals surface area contributed by atoms with Crippen LogP contribution < -0.4 is 0 Å². The largest absolute Gasteiger partial charge is 0.353 e. The monoisotopic (exact) mass is 300 g/mol. The molecule has 0 aromatic heterocycles. The van der Waals surface area contributed by atoms with E-state index in [1.54, 1.807) is 14.2 Å². The quantitative estimate of drug-likeness (QED) is 0.305. The van der Waals surface area contributed by atoms with Gasteiger partial charge in [0.15, 0.2) is 5.79 Å². The molecule has 0 saturated heterocycles. The molecule has 0 N–H and O–H groups in total. The van der Waals surface area contributed by atoms with Crippen LogP contribution in [0, 0.1) is 17.8 Å². The van der Waals surface area contributed by atoms with Crippen molar-refractivity contribution in [1.82, 2.24) is 0 Å². The van der Waals surface area contributed by atoms with Gasteiger partial charge in [-0.1, -0.05) is 73.1 Å². The van der Waals surface area contributed by atoms with Crippen LogP contribution in [0.3, 0.4) is 0 Å². The molecule has 0 aliphatic rings. The standard InChI is InChI=1S/C19H40O2/c1-8-9-10-11-12-13-14-18(15-16(2)3)19(20-6,21-7)17(4)5/h16-18H,8-15H2,1-7H3. The molecule has 0 spiro atoms. The van der Waals surface area contributed by atoms with Crippen molar-refractivity contribution in [2.45, 2.75) is 91.8 Å². The molecule has 0 heterocycles. The van der Waals surface area contributed by atoms with Crippen molar-refractivity contribution < 1.29 is 9.47 Å². The molecule has 1 atom stereocenters. The second-order valence-corrected chi connectivity index (χ2v) is 7.17. The molecule has 0 bridgehead atoms. The van der Waals surface area contributed by atoms with E-state index in [1.807, 2.05) is 0 Å². The summed E-state index contributed by atoms with van der Waals surface area (Å²) < 4.78 is 11.8. The first-order valence-electron chi connectivity index (χ1n) is 9.04. The number of rotatable bonds is 13. The highest BCUT2D eigenvalue weighted by Gasteiger charge is 2.41.